The highest BCUT2D eigenvalue weighted by Gasteiger charge is 2.24. The summed E-state index contributed by atoms with van der Waals surface area (Å²) in [5.41, 5.74) is 2.38. The molecule has 0 aromatic heterocycles. The normalized spacial score (nSPS) is 15.6. The molecule has 2 aromatic rings. The first-order valence-electron chi connectivity index (χ1n) is 10.7. The lowest BCUT2D eigenvalue weighted by atomic mass is 10.0. The molecule has 1 aliphatic rings. The van der Waals surface area contributed by atoms with E-state index in [-0.39, 0.29) is 24.6 Å². The number of benzene rings is 2. The van der Waals surface area contributed by atoms with Gasteiger partial charge in [0.25, 0.3) is 5.91 Å². The van der Waals surface area contributed by atoms with Crippen molar-refractivity contribution >= 4 is 17.6 Å². The molecular weight excluding hydrogens is 390 g/mol. The summed E-state index contributed by atoms with van der Waals surface area (Å²) in [4.78, 5) is 26.8. The summed E-state index contributed by atoms with van der Waals surface area (Å²) in [5, 5.41) is 5.64. The van der Waals surface area contributed by atoms with Gasteiger partial charge in [-0.2, -0.15) is 0 Å². The number of nitrogens with zero attached hydrogens (tertiary/aromatic N) is 1. The lowest BCUT2D eigenvalue weighted by Crippen LogP contribution is -2.42. The molecule has 0 saturated carbocycles. The lowest BCUT2D eigenvalue weighted by molar-refractivity contribution is 0.0635. The van der Waals surface area contributed by atoms with Gasteiger partial charge in [-0.15, -0.1) is 6.42 Å². The number of hydrogen-bond donors (Lipinski definition) is 2. The number of carbonyl (C=O) groups excluding carboxylic acids is 2. The first kappa shape index (κ1) is 22.2. The van der Waals surface area contributed by atoms with Crippen molar-refractivity contribution in [1.29, 1.82) is 0 Å². The number of anilines is 1. The van der Waals surface area contributed by atoms with Crippen LogP contribution in [-0.2, 0) is 6.42 Å². The molecule has 1 fully saturated rings. The van der Waals surface area contributed by atoms with Crippen LogP contribution in [0.25, 0.3) is 0 Å². The summed E-state index contributed by atoms with van der Waals surface area (Å²) in [6, 6.07) is 14.7. The summed E-state index contributed by atoms with van der Waals surface area (Å²) in [6.45, 7) is 3.65. The Bertz CT molecular complexity index is 917. The number of rotatable bonds is 7. The van der Waals surface area contributed by atoms with Crippen molar-refractivity contribution in [1.82, 2.24) is 10.2 Å². The number of terminal acetylenes is 1. The van der Waals surface area contributed by atoms with E-state index in [1.165, 1.54) is 6.42 Å². The van der Waals surface area contributed by atoms with E-state index in [2.05, 4.69) is 23.5 Å². The molecule has 0 radical (unpaired) electrons. The van der Waals surface area contributed by atoms with Crippen LogP contribution in [0.4, 0.5) is 10.5 Å². The van der Waals surface area contributed by atoms with Crippen LogP contribution in [0.1, 0.15) is 42.1 Å². The number of urea groups is 1. The molecule has 1 heterocycles. The minimum absolute atomic E-state index is 0.0545. The van der Waals surface area contributed by atoms with Gasteiger partial charge in [0.1, 0.15) is 12.4 Å². The molecule has 0 bridgehead atoms. The van der Waals surface area contributed by atoms with E-state index in [9.17, 15) is 9.59 Å². The molecule has 2 N–H and O–H groups in total. The maximum absolute atomic E-state index is 12.7. The number of hydrogen-bond acceptors (Lipinski definition) is 3. The fourth-order valence-electron chi connectivity index (χ4n) is 3.63. The highest BCUT2D eigenvalue weighted by molar-refractivity contribution is 5.95. The van der Waals surface area contributed by atoms with Crippen molar-refractivity contribution in [3.8, 4) is 18.1 Å². The summed E-state index contributed by atoms with van der Waals surface area (Å²) in [5.74, 6) is 3.21. The van der Waals surface area contributed by atoms with Crippen LogP contribution < -0.4 is 15.4 Å². The van der Waals surface area contributed by atoms with Gasteiger partial charge in [-0.25, -0.2) is 4.79 Å². The minimum Gasteiger partial charge on any atom is -0.481 e. The van der Waals surface area contributed by atoms with E-state index in [1.54, 1.807) is 24.3 Å². The third-order valence-corrected chi connectivity index (χ3v) is 5.40. The molecule has 0 aliphatic carbocycles. The Morgan fingerprint density at radius 2 is 1.87 bits per heavy atom. The number of nitrogens with one attached hydrogen (secondary N) is 2. The van der Waals surface area contributed by atoms with Crippen molar-refractivity contribution in [2.75, 3.05) is 25.0 Å². The summed E-state index contributed by atoms with van der Waals surface area (Å²) >= 11 is 0. The SMILES string of the molecule is C#CCOc1ccc(CCNC(=O)Nc2ccc(C(=O)N3CCCCC3C)cc2)cc1. The minimum atomic E-state index is -0.280. The average molecular weight is 420 g/mol. The second-order valence-corrected chi connectivity index (χ2v) is 7.69. The van der Waals surface area contributed by atoms with Crippen molar-refractivity contribution < 1.29 is 14.3 Å². The van der Waals surface area contributed by atoms with Crippen LogP contribution in [0.5, 0.6) is 5.75 Å². The summed E-state index contributed by atoms with van der Waals surface area (Å²) in [6.07, 6.45) is 9.15. The van der Waals surface area contributed by atoms with Crippen LogP contribution >= 0.6 is 0 Å². The molecule has 162 valence electrons. The fraction of sp³-hybridized carbons (Fsp3) is 0.360. The highest BCUT2D eigenvalue weighted by Crippen LogP contribution is 2.20. The molecular formula is C25H29N3O3. The van der Waals surface area contributed by atoms with Gasteiger partial charge in [0.2, 0.25) is 0 Å². The Morgan fingerprint density at radius 3 is 2.55 bits per heavy atom. The molecule has 6 nitrogen and oxygen atoms in total. The van der Waals surface area contributed by atoms with Gasteiger partial charge in [0.15, 0.2) is 0 Å². The molecule has 1 saturated heterocycles. The molecule has 3 rings (SSSR count). The molecule has 1 unspecified atom stereocenters. The van der Waals surface area contributed by atoms with Gasteiger partial charge >= 0.3 is 6.03 Å². The van der Waals surface area contributed by atoms with Crippen LogP contribution in [0.2, 0.25) is 0 Å². The zero-order chi connectivity index (χ0) is 22.1. The van der Waals surface area contributed by atoms with Crippen molar-refractivity contribution in [2.45, 2.75) is 38.6 Å². The number of amides is 3. The number of ether oxygens (including phenoxy) is 1. The van der Waals surface area contributed by atoms with E-state index >= 15 is 0 Å². The third kappa shape index (κ3) is 6.51. The monoisotopic (exact) mass is 419 g/mol. The molecule has 1 aliphatic heterocycles. The van der Waals surface area contributed by atoms with Gasteiger partial charge < -0.3 is 20.3 Å². The van der Waals surface area contributed by atoms with E-state index < -0.39 is 0 Å². The lowest BCUT2D eigenvalue weighted by Gasteiger charge is -2.33. The summed E-state index contributed by atoms with van der Waals surface area (Å²) in [7, 11) is 0. The number of likely N-dealkylation sites (tertiary alicyclic amines) is 1. The first-order chi connectivity index (χ1) is 15.1. The molecule has 2 aromatic carbocycles. The van der Waals surface area contributed by atoms with E-state index in [0.717, 1.165) is 30.7 Å². The smallest absolute Gasteiger partial charge is 0.319 e. The Labute approximate surface area is 184 Å². The van der Waals surface area contributed by atoms with Crippen molar-refractivity contribution in [3.63, 3.8) is 0 Å². The maximum Gasteiger partial charge on any atom is 0.319 e. The maximum atomic E-state index is 12.7. The van der Waals surface area contributed by atoms with Crippen LogP contribution in [0, 0.1) is 12.3 Å². The van der Waals surface area contributed by atoms with Gasteiger partial charge in [-0.3, -0.25) is 4.79 Å². The van der Waals surface area contributed by atoms with E-state index in [4.69, 9.17) is 11.2 Å². The van der Waals surface area contributed by atoms with Gasteiger partial charge in [0, 0.05) is 30.4 Å². The van der Waals surface area contributed by atoms with Crippen LogP contribution in [0.15, 0.2) is 48.5 Å². The quantitative estimate of drug-likeness (QED) is 0.665. The average Bonchev–Trinajstić information content (AvgIpc) is 2.79. The largest absolute Gasteiger partial charge is 0.481 e. The van der Waals surface area contributed by atoms with Gasteiger partial charge in [0.05, 0.1) is 0 Å². The van der Waals surface area contributed by atoms with Crippen molar-refractivity contribution in [3.05, 3.63) is 59.7 Å². The second kappa shape index (κ2) is 11.1. The Morgan fingerprint density at radius 1 is 1.13 bits per heavy atom. The number of carbonyl (C=O) groups is 2. The second-order valence-electron chi connectivity index (χ2n) is 7.69. The Balaban J connectivity index is 1.43. The van der Waals surface area contributed by atoms with Crippen LogP contribution in [-0.4, -0.2) is 42.6 Å². The molecule has 31 heavy (non-hydrogen) atoms. The fourth-order valence-corrected chi connectivity index (χ4v) is 3.63. The predicted octanol–water partition coefficient (Wildman–Crippen LogP) is 4.08. The van der Waals surface area contributed by atoms with E-state index in [1.807, 2.05) is 29.2 Å². The molecule has 6 heteroatoms. The predicted molar refractivity (Wildman–Crippen MR) is 122 cm³/mol. The van der Waals surface area contributed by atoms with Crippen LogP contribution in [0.3, 0.4) is 0 Å². The summed E-state index contributed by atoms with van der Waals surface area (Å²) < 4.78 is 5.34. The topological polar surface area (TPSA) is 70.7 Å². The Kier molecular flexibility index (Phi) is 7.94. The molecule has 3 amide bonds. The zero-order valence-corrected chi connectivity index (χ0v) is 17.9. The third-order valence-electron chi connectivity index (χ3n) is 5.40. The van der Waals surface area contributed by atoms with Gasteiger partial charge in [-0.05, 0) is 74.6 Å². The molecule has 0 spiro atoms. The highest BCUT2D eigenvalue weighted by atomic mass is 16.5. The Hall–Kier alpha value is -3.46. The first-order valence-corrected chi connectivity index (χ1v) is 10.7. The standard InChI is InChI=1S/C25H29N3O3/c1-3-18-31-23-13-7-20(8-14-23)15-16-26-25(30)27-22-11-9-21(10-12-22)24(29)28-17-5-4-6-19(28)2/h1,7-14,19H,4-6,15-18H2,2H3,(H2,26,27,30). The van der Waals surface area contributed by atoms with Crippen molar-refractivity contribution in [2.24, 2.45) is 0 Å². The van der Waals surface area contributed by atoms with Gasteiger partial charge in [-0.1, -0.05) is 18.1 Å². The van der Waals surface area contributed by atoms with E-state index in [0.29, 0.717) is 24.2 Å². The molecule has 1 atom stereocenters. The number of piperidine rings is 1. The zero-order valence-electron chi connectivity index (χ0n) is 17.9.